The van der Waals surface area contributed by atoms with Gasteiger partial charge in [0.1, 0.15) is 12.1 Å². The Labute approximate surface area is 126 Å². The smallest absolute Gasteiger partial charge is 0.143 e. The predicted octanol–water partition coefficient (Wildman–Crippen LogP) is 3.67. The van der Waals surface area contributed by atoms with Gasteiger partial charge in [0.15, 0.2) is 0 Å². The highest BCUT2D eigenvalue weighted by atomic mass is 35.5. The standard InChI is InChI=1S/C15H11N5.ClH/c1-2-13-10(3-6-17-13)7-11(1)20-15-12-8-16-5-4-14(12)18-9-19-15;/h1-9,17H,(H,18,19,20);1H. The van der Waals surface area contributed by atoms with Crippen LogP contribution in [-0.4, -0.2) is 19.9 Å². The first-order valence-electron chi connectivity index (χ1n) is 6.29. The SMILES string of the molecule is Cl.c1cc2ncnc(Nc3ccc4[nH]ccc4c3)c2cn1. The number of hydrogen-bond acceptors (Lipinski definition) is 4. The second-order valence-corrected chi connectivity index (χ2v) is 4.52. The van der Waals surface area contributed by atoms with E-state index in [4.69, 9.17) is 0 Å². The lowest BCUT2D eigenvalue weighted by atomic mass is 10.2. The van der Waals surface area contributed by atoms with E-state index in [1.165, 1.54) is 0 Å². The van der Waals surface area contributed by atoms with Crippen molar-refractivity contribution in [2.75, 3.05) is 5.32 Å². The monoisotopic (exact) mass is 297 g/mol. The number of rotatable bonds is 2. The van der Waals surface area contributed by atoms with E-state index in [1.807, 2.05) is 30.5 Å². The molecule has 0 atom stereocenters. The molecule has 0 saturated heterocycles. The topological polar surface area (TPSA) is 66.5 Å². The van der Waals surface area contributed by atoms with E-state index in [9.17, 15) is 0 Å². The van der Waals surface area contributed by atoms with Crippen molar-refractivity contribution in [3.63, 3.8) is 0 Å². The second kappa shape index (κ2) is 5.38. The van der Waals surface area contributed by atoms with Gasteiger partial charge in [0.25, 0.3) is 0 Å². The molecule has 0 fully saturated rings. The van der Waals surface area contributed by atoms with E-state index in [1.54, 1.807) is 18.7 Å². The molecule has 104 valence electrons. The van der Waals surface area contributed by atoms with E-state index in [0.29, 0.717) is 0 Å². The maximum absolute atomic E-state index is 4.30. The number of H-pyrrole nitrogens is 1. The first-order valence-corrected chi connectivity index (χ1v) is 6.29. The number of halogens is 1. The summed E-state index contributed by atoms with van der Waals surface area (Å²) in [6.07, 6.45) is 6.98. The number of nitrogens with zero attached hydrogens (tertiary/aromatic N) is 3. The Morgan fingerprint density at radius 3 is 2.95 bits per heavy atom. The molecule has 0 spiro atoms. The third-order valence-corrected chi connectivity index (χ3v) is 3.25. The van der Waals surface area contributed by atoms with Crippen LogP contribution in [0.1, 0.15) is 0 Å². The Balaban J connectivity index is 0.00000132. The Morgan fingerprint density at radius 2 is 2.00 bits per heavy atom. The van der Waals surface area contributed by atoms with Crippen LogP contribution in [0.3, 0.4) is 0 Å². The number of hydrogen-bond donors (Lipinski definition) is 2. The molecule has 3 heterocycles. The van der Waals surface area contributed by atoms with Gasteiger partial charge in [0.05, 0.1) is 10.9 Å². The summed E-state index contributed by atoms with van der Waals surface area (Å²) < 4.78 is 0. The first-order chi connectivity index (χ1) is 9.90. The fourth-order valence-electron chi connectivity index (χ4n) is 2.27. The van der Waals surface area contributed by atoms with Crippen LogP contribution in [0.15, 0.2) is 55.2 Å². The summed E-state index contributed by atoms with van der Waals surface area (Å²) in [7, 11) is 0. The zero-order valence-corrected chi connectivity index (χ0v) is 11.8. The summed E-state index contributed by atoms with van der Waals surface area (Å²) in [4.78, 5) is 15.8. The molecule has 3 aromatic heterocycles. The number of aromatic amines is 1. The molecule has 2 N–H and O–H groups in total. The highest BCUT2D eigenvalue weighted by molar-refractivity contribution is 5.91. The Kier molecular flexibility index (Phi) is 3.41. The fraction of sp³-hybridized carbons (Fsp3) is 0. The molecular formula is C15H12ClN5. The third kappa shape index (κ3) is 2.39. The summed E-state index contributed by atoms with van der Waals surface area (Å²) in [5, 5.41) is 5.39. The molecule has 0 bridgehead atoms. The summed E-state index contributed by atoms with van der Waals surface area (Å²) in [5.74, 6) is 0.762. The predicted molar refractivity (Wildman–Crippen MR) is 86.2 cm³/mol. The zero-order valence-electron chi connectivity index (χ0n) is 10.9. The number of nitrogens with one attached hydrogen (secondary N) is 2. The Hall–Kier alpha value is -2.66. The van der Waals surface area contributed by atoms with Gasteiger partial charge < -0.3 is 10.3 Å². The van der Waals surface area contributed by atoms with Crippen LogP contribution in [0.25, 0.3) is 21.8 Å². The maximum Gasteiger partial charge on any atom is 0.143 e. The van der Waals surface area contributed by atoms with Crippen LogP contribution in [0.2, 0.25) is 0 Å². The van der Waals surface area contributed by atoms with E-state index in [-0.39, 0.29) is 12.4 Å². The average Bonchev–Trinajstić information content (AvgIpc) is 2.95. The molecule has 0 aliphatic rings. The van der Waals surface area contributed by atoms with Gasteiger partial charge in [-0.1, -0.05) is 0 Å². The van der Waals surface area contributed by atoms with Crippen molar-refractivity contribution in [3.8, 4) is 0 Å². The number of aromatic nitrogens is 4. The van der Waals surface area contributed by atoms with Gasteiger partial charge >= 0.3 is 0 Å². The Morgan fingerprint density at radius 1 is 1.05 bits per heavy atom. The summed E-state index contributed by atoms with van der Waals surface area (Å²) >= 11 is 0. The van der Waals surface area contributed by atoms with Crippen LogP contribution in [0.4, 0.5) is 11.5 Å². The highest BCUT2D eigenvalue weighted by Gasteiger charge is 2.04. The lowest BCUT2D eigenvalue weighted by Gasteiger charge is -2.07. The zero-order chi connectivity index (χ0) is 13.4. The van der Waals surface area contributed by atoms with Crippen molar-refractivity contribution in [3.05, 3.63) is 55.2 Å². The van der Waals surface area contributed by atoms with Crippen molar-refractivity contribution < 1.29 is 0 Å². The normalized spacial score (nSPS) is 10.5. The lowest BCUT2D eigenvalue weighted by molar-refractivity contribution is 1.20. The van der Waals surface area contributed by atoms with Gasteiger partial charge in [-0.25, -0.2) is 9.97 Å². The Bertz CT molecular complexity index is 897. The summed E-state index contributed by atoms with van der Waals surface area (Å²) in [6.45, 7) is 0. The van der Waals surface area contributed by atoms with E-state index < -0.39 is 0 Å². The molecule has 0 aliphatic carbocycles. The van der Waals surface area contributed by atoms with Crippen LogP contribution >= 0.6 is 12.4 Å². The molecule has 0 aliphatic heterocycles. The van der Waals surface area contributed by atoms with Gasteiger partial charge in [-0.15, -0.1) is 12.4 Å². The lowest BCUT2D eigenvalue weighted by Crippen LogP contribution is -1.96. The number of fused-ring (bicyclic) bond motifs is 2. The quantitative estimate of drug-likeness (QED) is 0.592. The third-order valence-electron chi connectivity index (χ3n) is 3.25. The second-order valence-electron chi connectivity index (χ2n) is 4.52. The van der Waals surface area contributed by atoms with Gasteiger partial charge in [-0.2, -0.15) is 0 Å². The van der Waals surface area contributed by atoms with Crippen molar-refractivity contribution in [2.45, 2.75) is 0 Å². The van der Waals surface area contributed by atoms with E-state index in [0.717, 1.165) is 33.3 Å². The number of anilines is 2. The molecule has 0 amide bonds. The van der Waals surface area contributed by atoms with Crippen molar-refractivity contribution in [2.24, 2.45) is 0 Å². The maximum atomic E-state index is 4.30. The summed E-state index contributed by atoms with van der Waals surface area (Å²) in [6, 6.07) is 10.1. The largest absolute Gasteiger partial charge is 0.361 e. The minimum absolute atomic E-state index is 0. The molecule has 4 rings (SSSR count). The van der Waals surface area contributed by atoms with Gasteiger partial charge in [0.2, 0.25) is 0 Å². The number of pyridine rings is 1. The minimum Gasteiger partial charge on any atom is -0.361 e. The minimum atomic E-state index is 0. The fourth-order valence-corrected chi connectivity index (χ4v) is 2.27. The molecular weight excluding hydrogens is 286 g/mol. The van der Waals surface area contributed by atoms with Crippen molar-refractivity contribution >= 4 is 45.7 Å². The summed E-state index contributed by atoms with van der Waals surface area (Å²) in [5.41, 5.74) is 2.98. The highest BCUT2D eigenvalue weighted by Crippen LogP contribution is 2.24. The van der Waals surface area contributed by atoms with Crippen LogP contribution in [0.5, 0.6) is 0 Å². The molecule has 0 radical (unpaired) electrons. The van der Waals surface area contributed by atoms with Crippen LogP contribution < -0.4 is 5.32 Å². The molecule has 6 heteroatoms. The number of benzene rings is 1. The average molecular weight is 298 g/mol. The van der Waals surface area contributed by atoms with E-state index in [2.05, 4.69) is 31.3 Å². The molecule has 5 nitrogen and oxygen atoms in total. The van der Waals surface area contributed by atoms with Crippen LogP contribution in [-0.2, 0) is 0 Å². The van der Waals surface area contributed by atoms with Gasteiger partial charge in [0, 0.05) is 35.2 Å². The van der Waals surface area contributed by atoms with Crippen molar-refractivity contribution in [1.82, 2.24) is 19.9 Å². The van der Waals surface area contributed by atoms with Gasteiger partial charge in [-0.05, 0) is 30.3 Å². The molecule has 0 unspecified atom stereocenters. The van der Waals surface area contributed by atoms with Crippen LogP contribution in [0, 0.1) is 0 Å². The molecule has 0 saturated carbocycles. The molecule has 1 aromatic carbocycles. The molecule has 21 heavy (non-hydrogen) atoms. The first kappa shape index (κ1) is 13.3. The molecule has 4 aromatic rings. The van der Waals surface area contributed by atoms with E-state index >= 15 is 0 Å². The van der Waals surface area contributed by atoms with Crippen molar-refractivity contribution in [1.29, 1.82) is 0 Å². The van der Waals surface area contributed by atoms with Gasteiger partial charge in [-0.3, -0.25) is 4.98 Å².